The van der Waals surface area contributed by atoms with Crippen molar-refractivity contribution in [2.45, 2.75) is 93.8 Å². The van der Waals surface area contributed by atoms with Crippen LogP contribution in [0.4, 0.5) is 8.78 Å². The van der Waals surface area contributed by atoms with E-state index in [0.717, 1.165) is 29.7 Å². The lowest BCUT2D eigenvalue weighted by Crippen LogP contribution is -2.47. The van der Waals surface area contributed by atoms with Crippen molar-refractivity contribution in [2.75, 3.05) is 32.8 Å². The topological polar surface area (TPSA) is 133 Å². The maximum absolute atomic E-state index is 14.9. The van der Waals surface area contributed by atoms with E-state index in [1.165, 1.54) is 13.0 Å². The standard InChI is InChI=1S/C33H45F2N5O3.C2H4O.2C2H6/c1-5-30(41)40(16-13-28(37)32(42)38-15-18-43-17-14-36)31(33(2,3)4)29-19-24(26-20-25(34)11-12-27(26)35)22-39(29)21-23-9-7-6-8-10-23;1-2-3;2*1-2/h6-12,19-20,22,28,31H,5,13-18,21,36-37H2,1-4H3,(H,38,42);2H,1H3;2*1-2H3/t28-,31-;;;/m0.../s1. The van der Waals surface area contributed by atoms with Crippen LogP contribution in [0.15, 0.2) is 60.8 Å². The van der Waals surface area contributed by atoms with Crippen LogP contribution in [0.2, 0.25) is 0 Å². The molecule has 1 heterocycles. The molecule has 2 amide bonds. The van der Waals surface area contributed by atoms with Gasteiger partial charge in [0.15, 0.2) is 0 Å². The van der Waals surface area contributed by atoms with Crippen LogP contribution in [0, 0.1) is 17.0 Å². The number of hydrogen-bond donors (Lipinski definition) is 3. The van der Waals surface area contributed by atoms with E-state index in [1.807, 2.05) is 89.4 Å². The number of aldehydes is 1. The Bertz CT molecular complexity index is 1390. The maximum atomic E-state index is 14.9. The zero-order valence-electron chi connectivity index (χ0n) is 31.6. The molecule has 0 radical (unpaired) electrons. The highest BCUT2D eigenvalue weighted by molar-refractivity contribution is 5.81. The third-order valence-corrected chi connectivity index (χ3v) is 7.23. The van der Waals surface area contributed by atoms with E-state index in [-0.39, 0.29) is 36.8 Å². The third-order valence-electron chi connectivity index (χ3n) is 7.23. The first-order valence-corrected chi connectivity index (χ1v) is 17.6. The molecule has 2 atom stereocenters. The van der Waals surface area contributed by atoms with Gasteiger partial charge in [0, 0.05) is 55.6 Å². The van der Waals surface area contributed by atoms with Crippen LogP contribution in [-0.4, -0.2) is 66.5 Å². The molecule has 5 N–H and O–H groups in total. The summed E-state index contributed by atoms with van der Waals surface area (Å²) in [4.78, 5) is 36.7. The summed E-state index contributed by atoms with van der Waals surface area (Å²) in [5.74, 6) is -1.51. The van der Waals surface area contributed by atoms with Crippen LogP contribution in [-0.2, 0) is 25.7 Å². The molecule has 11 heteroatoms. The minimum Gasteiger partial charge on any atom is -0.378 e. The molecule has 0 aliphatic heterocycles. The quantitative estimate of drug-likeness (QED) is 0.117. The molecular weight excluding hydrogens is 640 g/mol. The van der Waals surface area contributed by atoms with E-state index >= 15 is 0 Å². The van der Waals surface area contributed by atoms with Gasteiger partial charge in [0.05, 0.1) is 25.3 Å². The Labute approximate surface area is 298 Å². The number of aromatic nitrogens is 1. The monoisotopic (exact) mass is 701 g/mol. The molecule has 3 aromatic rings. The summed E-state index contributed by atoms with van der Waals surface area (Å²) in [7, 11) is 0. The molecule has 50 heavy (non-hydrogen) atoms. The average Bonchev–Trinajstić information content (AvgIpc) is 3.51. The minimum atomic E-state index is -0.838. The molecule has 9 nitrogen and oxygen atoms in total. The maximum Gasteiger partial charge on any atom is 0.237 e. The molecule has 0 aliphatic rings. The highest BCUT2D eigenvalue weighted by Gasteiger charge is 2.37. The Balaban J connectivity index is 0.00000319. The molecule has 0 saturated carbocycles. The van der Waals surface area contributed by atoms with Crippen molar-refractivity contribution < 1.29 is 27.9 Å². The molecule has 3 rings (SSSR count). The van der Waals surface area contributed by atoms with Crippen LogP contribution >= 0.6 is 0 Å². The van der Waals surface area contributed by atoms with Crippen molar-refractivity contribution in [3.8, 4) is 11.1 Å². The smallest absolute Gasteiger partial charge is 0.237 e. The number of halogens is 2. The van der Waals surface area contributed by atoms with Gasteiger partial charge in [0.25, 0.3) is 0 Å². The lowest BCUT2D eigenvalue weighted by atomic mass is 9.82. The first-order chi connectivity index (χ1) is 23.9. The third kappa shape index (κ3) is 15.3. The van der Waals surface area contributed by atoms with E-state index < -0.39 is 29.1 Å². The molecule has 280 valence electrons. The van der Waals surface area contributed by atoms with Gasteiger partial charge in [-0.25, -0.2) is 8.78 Å². The van der Waals surface area contributed by atoms with Crippen LogP contribution in [0.25, 0.3) is 11.1 Å². The van der Waals surface area contributed by atoms with E-state index in [9.17, 15) is 18.4 Å². The fraction of sp³-hybridized carbons (Fsp3) is 0.513. The zero-order chi connectivity index (χ0) is 38.3. The zero-order valence-corrected chi connectivity index (χ0v) is 31.6. The van der Waals surface area contributed by atoms with Crippen LogP contribution in [0.1, 0.15) is 92.5 Å². The largest absolute Gasteiger partial charge is 0.378 e. The summed E-state index contributed by atoms with van der Waals surface area (Å²) in [6.45, 7) is 19.5. The Hall–Kier alpha value is -3.93. The fourth-order valence-electron chi connectivity index (χ4n) is 5.18. The van der Waals surface area contributed by atoms with Gasteiger partial charge in [0.2, 0.25) is 11.8 Å². The van der Waals surface area contributed by atoms with Crippen molar-refractivity contribution in [3.63, 3.8) is 0 Å². The molecule has 2 aromatic carbocycles. The van der Waals surface area contributed by atoms with Gasteiger partial charge in [-0.3, -0.25) is 9.59 Å². The Morgan fingerprint density at radius 3 is 2.20 bits per heavy atom. The summed E-state index contributed by atoms with van der Waals surface area (Å²) in [5.41, 5.74) is 13.6. The molecule has 0 saturated heterocycles. The van der Waals surface area contributed by atoms with Gasteiger partial charge in [-0.15, -0.1) is 0 Å². The SMILES string of the molecule is CC.CC.CC=O.CCC(=O)N(CC[C@H](N)C(=O)NCCOCCN)[C@@H](c1cc(-c2cc(F)ccc2F)cn1Cc1ccccc1)C(C)(C)C. The molecule has 0 fully saturated rings. The van der Waals surface area contributed by atoms with E-state index in [1.54, 1.807) is 18.0 Å². The molecule has 0 bridgehead atoms. The molecular formula is C39H61F2N5O4. The fourth-order valence-corrected chi connectivity index (χ4v) is 5.18. The van der Waals surface area contributed by atoms with Gasteiger partial charge in [-0.2, -0.15) is 0 Å². The number of benzene rings is 2. The van der Waals surface area contributed by atoms with Crippen molar-refractivity contribution in [3.05, 3.63) is 83.7 Å². The molecule has 0 spiro atoms. The molecule has 1 aromatic heterocycles. The van der Waals surface area contributed by atoms with Crippen LogP contribution in [0.5, 0.6) is 0 Å². The molecule has 0 aliphatic carbocycles. The molecule has 0 unspecified atom stereocenters. The summed E-state index contributed by atoms with van der Waals surface area (Å²) in [6.07, 6.45) is 3.04. The first-order valence-electron chi connectivity index (χ1n) is 17.6. The average molecular weight is 702 g/mol. The number of carbonyl (C=O) groups is 3. The highest BCUT2D eigenvalue weighted by atomic mass is 19.1. The Morgan fingerprint density at radius 1 is 1.02 bits per heavy atom. The Kier molecular flexibility index (Phi) is 23.1. The van der Waals surface area contributed by atoms with Gasteiger partial charge in [-0.1, -0.05) is 85.7 Å². The number of rotatable bonds is 15. The summed E-state index contributed by atoms with van der Waals surface area (Å²) in [6, 6.07) is 13.7. The number of nitrogens with zero attached hydrogens (tertiary/aromatic N) is 2. The number of nitrogens with two attached hydrogens (primary N) is 2. The van der Waals surface area contributed by atoms with E-state index in [2.05, 4.69) is 5.32 Å². The van der Waals surface area contributed by atoms with E-state index in [4.69, 9.17) is 21.0 Å². The second-order valence-corrected chi connectivity index (χ2v) is 11.9. The summed E-state index contributed by atoms with van der Waals surface area (Å²) in [5, 5.41) is 2.76. The summed E-state index contributed by atoms with van der Waals surface area (Å²) < 4.78 is 36.4. The van der Waals surface area contributed by atoms with Crippen LogP contribution < -0.4 is 16.8 Å². The normalized spacial score (nSPS) is 11.7. The number of nitrogens with one attached hydrogen (secondary N) is 1. The Morgan fingerprint density at radius 2 is 1.64 bits per heavy atom. The summed E-state index contributed by atoms with van der Waals surface area (Å²) >= 11 is 0. The second-order valence-electron chi connectivity index (χ2n) is 11.9. The van der Waals surface area contributed by atoms with Crippen LogP contribution in [0.3, 0.4) is 0 Å². The number of amides is 2. The van der Waals surface area contributed by atoms with Crippen molar-refractivity contribution in [1.82, 2.24) is 14.8 Å². The number of ether oxygens (including phenoxy) is 1. The second kappa shape index (κ2) is 25.1. The van der Waals surface area contributed by atoms with Gasteiger partial charge >= 0.3 is 0 Å². The number of carbonyl (C=O) groups excluding carboxylic acids is 3. The van der Waals surface area contributed by atoms with Crippen molar-refractivity contribution >= 4 is 18.1 Å². The van der Waals surface area contributed by atoms with Gasteiger partial charge in [-0.05, 0) is 48.6 Å². The van der Waals surface area contributed by atoms with Crippen molar-refractivity contribution in [1.29, 1.82) is 0 Å². The van der Waals surface area contributed by atoms with Gasteiger partial charge < -0.3 is 35.8 Å². The first kappa shape index (κ1) is 46.1. The minimum absolute atomic E-state index is 0.103. The predicted molar refractivity (Wildman–Crippen MR) is 199 cm³/mol. The lowest BCUT2D eigenvalue weighted by molar-refractivity contribution is -0.137. The number of hydrogen-bond acceptors (Lipinski definition) is 6. The van der Waals surface area contributed by atoms with Crippen molar-refractivity contribution in [2.24, 2.45) is 16.9 Å². The highest BCUT2D eigenvalue weighted by Crippen LogP contribution is 2.41. The van der Waals surface area contributed by atoms with E-state index in [0.29, 0.717) is 38.4 Å². The lowest BCUT2D eigenvalue weighted by Gasteiger charge is -2.41. The predicted octanol–water partition coefficient (Wildman–Crippen LogP) is 6.87. The van der Waals surface area contributed by atoms with Gasteiger partial charge in [0.1, 0.15) is 17.9 Å².